The van der Waals surface area contributed by atoms with E-state index in [9.17, 15) is 30.7 Å². The molecule has 2 aromatic rings. The van der Waals surface area contributed by atoms with Crippen molar-refractivity contribution in [2.24, 2.45) is 4.99 Å². The van der Waals surface area contributed by atoms with Crippen molar-refractivity contribution in [3.63, 3.8) is 0 Å². The van der Waals surface area contributed by atoms with E-state index in [1.54, 1.807) is 17.1 Å². The van der Waals surface area contributed by atoms with Crippen molar-refractivity contribution in [2.45, 2.75) is 67.7 Å². The largest absolute Gasteiger partial charge is 1.00 e. The Morgan fingerprint density at radius 2 is 1.82 bits per heavy atom. The van der Waals surface area contributed by atoms with Crippen LogP contribution in [-0.2, 0) is 37.0 Å². The maximum atomic E-state index is 11.6. The molecule has 236 valence electrons. The van der Waals surface area contributed by atoms with Crippen LogP contribution in [0.5, 0.6) is 0 Å². The van der Waals surface area contributed by atoms with Gasteiger partial charge in [-0.15, -0.1) is 0 Å². The number of hydrogen-bond donors (Lipinski definition) is 1. The van der Waals surface area contributed by atoms with E-state index in [2.05, 4.69) is 24.5 Å². The molecule has 45 heavy (non-hydrogen) atoms. The molecular weight excluding hydrogens is 633 g/mol. The normalized spacial score (nSPS) is 16.7. The number of aryl methyl sites for hydroxylation is 1. The van der Waals surface area contributed by atoms with Gasteiger partial charge in [-0.25, -0.2) is 21.4 Å². The Morgan fingerprint density at radius 3 is 2.51 bits per heavy atom. The standard InChI is InChI=1S/C30H35N3O8S3.Li/c1-30(2)23-11-9-18-32(17-8-4-7-14-28(34)35)29(23)31-26(30)12-5-3-6-13-27-33(19-10-20-43(36,37)38)24-21-22(44(39,40)41)15-16-25(24)42-27;/h3,5-6,9,11-13,15-16,18,21H,4,7-8,10,14,17,19-20H2,1-2H3,(H2-,34,35,36,37,38,39,40,41);/q;+1/p-1. The zero-order chi connectivity index (χ0) is 32.1. The van der Waals surface area contributed by atoms with Gasteiger partial charge in [0.15, 0.2) is 5.71 Å². The number of hydrogen-bond acceptors (Lipinski definition) is 10. The Hall–Kier alpha value is -2.70. The molecule has 0 saturated carbocycles. The van der Waals surface area contributed by atoms with Crippen LogP contribution in [0.25, 0.3) is 0 Å². The minimum atomic E-state index is -4.69. The molecule has 11 nitrogen and oxygen atoms in total. The first-order chi connectivity index (χ1) is 20.7. The topological polar surface area (TPSA) is 171 Å². The average molecular weight is 668 g/mol. The predicted molar refractivity (Wildman–Crippen MR) is 166 cm³/mol. The van der Waals surface area contributed by atoms with E-state index in [0.717, 1.165) is 36.5 Å². The van der Waals surface area contributed by atoms with Crippen molar-refractivity contribution < 1.29 is 59.3 Å². The number of unbranched alkanes of at least 4 members (excludes halogenated alkanes) is 2. The van der Waals surface area contributed by atoms with Crippen LogP contribution in [0.1, 0.15) is 51.5 Å². The van der Waals surface area contributed by atoms with E-state index >= 15 is 0 Å². The first kappa shape index (κ1) is 36.8. The van der Waals surface area contributed by atoms with Crippen LogP contribution in [0.2, 0.25) is 0 Å². The summed E-state index contributed by atoms with van der Waals surface area (Å²) in [4.78, 5) is 17.7. The number of rotatable bonds is 14. The van der Waals surface area contributed by atoms with Gasteiger partial charge in [0, 0.05) is 23.6 Å². The molecule has 3 heterocycles. The first-order valence-corrected chi connectivity index (χ1v) is 17.8. The molecule has 1 aromatic heterocycles. The maximum Gasteiger partial charge on any atom is 1.00 e. The summed E-state index contributed by atoms with van der Waals surface area (Å²) in [6.07, 6.45) is 13.7. The fraction of sp³-hybridized carbons (Fsp3) is 0.367. The van der Waals surface area contributed by atoms with Gasteiger partial charge in [-0.3, -0.25) is 4.79 Å². The third-order valence-electron chi connectivity index (χ3n) is 7.35. The summed E-state index contributed by atoms with van der Waals surface area (Å²) >= 11 is 1.34. The molecule has 1 N–H and O–H groups in total. The molecule has 0 unspecified atom stereocenters. The number of benzene rings is 1. The first-order valence-electron chi connectivity index (χ1n) is 14.0. The second-order valence-corrected chi connectivity index (χ2v) is 14.9. The summed E-state index contributed by atoms with van der Waals surface area (Å²) in [5.74, 6) is -0.465. The summed E-state index contributed by atoms with van der Waals surface area (Å²) < 4.78 is 70.3. The molecule has 0 bridgehead atoms. The number of carboxylic acids is 1. The Balaban J connectivity index is 0.00000552. The van der Waals surface area contributed by atoms with Crippen LogP contribution in [0.4, 0.5) is 11.5 Å². The molecule has 2 aliphatic heterocycles. The molecule has 0 spiro atoms. The van der Waals surface area contributed by atoms with Crippen LogP contribution in [0.3, 0.4) is 0 Å². The molecular formula is C30H34LiN3O8S3. The molecule has 0 atom stereocenters. The number of carbonyl (C=O) groups is 1. The van der Waals surface area contributed by atoms with Gasteiger partial charge in [-0.1, -0.05) is 30.0 Å². The maximum absolute atomic E-state index is 11.6. The van der Waals surface area contributed by atoms with Crippen molar-refractivity contribution in [3.8, 4) is 0 Å². The van der Waals surface area contributed by atoms with E-state index in [1.807, 2.05) is 30.5 Å². The summed E-state index contributed by atoms with van der Waals surface area (Å²) in [7, 11) is -9.11. The molecule has 0 amide bonds. The zero-order valence-corrected chi connectivity index (χ0v) is 27.8. The van der Waals surface area contributed by atoms with Crippen LogP contribution < -0.4 is 28.3 Å². The van der Waals surface area contributed by atoms with Crippen molar-refractivity contribution in [1.29, 1.82) is 0 Å². The third kappa shape index (κ3) is 9.65. The number of carboxylic acid groups (broad SMARTS) is 1. The molecule has 2 aliphatic rings. The monoisotopic (exact) mass is 667 g/mol. The second-order valence-electron chi connectivity index (χ2n) is 11.0. The number of pyridine rings is 1. The SMILES string of the molecule is CC1(C)C(/C=C/C=C/C=C2\Sc3ccc(S(=O)(=O)[O-])cc3N2CCCS(=O)(=O)[O-])=Nc2c1ccc[n+]2CCCCCC(=O)O.[Li+]. The molecule has 0 saturated heterocycles. The third-order valence-corrected chi connectivity index (χ3v) is 10.1. The van der Waals surface area contributed by atoms with Crippen LogP contribution >= 0.6 is 11.8 Å². The zero-order valence-electron chi connectivity index (χ0n) is 25.4. The summed E-state index contributed by atoms with van der Waals surface area (Å²) in [5, 5.41) is 9.53. The van der Waals surface area contributed by atoms with E-state index in [1.165, 1.54) is 30.0 Å². The molecule has 0 radical (unpaired) electrons. The number of nitrogens with zero attached hydrogens (tertiary/aromatic N) is 3. The van der Waals surface area contributed by atoms with E-state index in [4.69, 9.17) is 10.1 Å². The van der Waals surface area contributed by atoms with Gasteiger partial charge >= 0.3 is 30.6 Å². The van der Waals surface area contributed by atoms with Gasteiger partial charge in [-0.05, 0) is 87.0 Å². The fourth-order valence-corrected chi connectivity index (χ4v) is 7.10. The van der Waals surface area contributed by atoms with Crippen LogP contribution in [0.15, 0.2) is 86.7 Å². The van der Waals surface area contributed by atoms with Crippen molar-refractivity contribution >= 4 is 55.2 Å². The van der Waals surface area contributed by atoms with Gasteiger partial charge in [0.1, 0.15) is 10.1 Å². The Kier molecular flexibility index (Phi) is 12.5. The van der Waals surface area contributed by atoms with E-state index in [0.29, 0.717) is 22.0 Å². The Bertz CT molecular complexity index is 1770. The minimum Gasteiger partial charge on any atom is -0.748 e. The summed E-state index contributed by atoms with van der Waals surface area (Å²) in [5.41, 5.74) is 2.11. The number of aliphatic imine (C=N–C) groups is 1. The number of allylic oxidation sites excluding steroid dienone is 5. The molecule has 0 fully saturated rings. The van der Waals surface area contributed by atoms with Crippen LogP contribution in [0, 0.1) is 0 Å². The fourth-order valence-electron chi connectivity index (χ4n) is 5.05. The van der Waals surface area contributed by atoms with Gasteiger partial charge in [0.05, 0.1) is 49.5 Å². The Labute approximate surface area is 280 Å². The Morgan fingerprint density at radius 1 is 1.07 bits per heavy atom. The number of anilines is 1. The van der Waals surface area contributed by atoms with Gasteiger partial charge in [0.25, 0.3) is 0 Å². The van der Waals surface area contributed by atoms with Crippen molar-refractivity contribution in [2.75, 3.05) is 17.2 Å². The van der Waals surface area contributed by atoms with Gasteiger partial charge in [-0.2, -0.15) is 0 Å². The molecule has 1 aromatic carbocycles. The van der Waals surface area contributed by atoms with Gasteiger partial charge in [0.2, 0.25) is 0 Å². The van der Waals surface area contributed by atoms with Gasteiger partial charge < -0.3 is 19.1 Å². The quantitative estimate of drug-likeness (QED) is 0.102. The van der Waals surface area contributed by atoms with E-state index < -0.39 is 36.9 Å². The molecule has 0 aliphatic carbocycles. The summed E-state index contributed by atoms with van der Waals surface area (Å²) in [6.45, 7) is 5.09. The second kappa shape index (κ2) is 15.3. The van der Waals surface area contributed by atoms with Crippen LogP contribution in [-0.4, -0.2) is 55.0 Å². The number of fused-ring (bicyclic) bond motifs is 2. The average Bonchev–Trinajstić information content (AvgIpc) is 3.40. The van der Waals surface area contributed by atoms with Crippen molar-refractivity contribution in [3.05, 3.63) is 77.5 Å². The number of thioether (sulfide) groups is 1. The van der Waals surface area contributed by atoms with Crippen molar-refractivity contribution in [1.82, 2.24) is 0 Å². The molecule has 4 rings (SSSR count). The number of aliphatic carboxylic acids is 1. The number of aromatic nitrogens is 1. The summed E-state index contributed by atoms with van der Waals surface area (Å²) in [6, 6.07) is 8.10. The minimum absolute atomic E-state index is 0. The molecule has 15 heteroatoms. The predicted octanol–water partition coefficient (Wildman–Crippen LogP) is 1.39. The van der Waals surface area contributed by atoms with E-state index in [-0.39, 0.29) is 43.7 Å². The smallest absolute Gasteiger partial charge is 0.748 e.